The van der Waals surface area contributed by atoms with Crippen LogP contribution in [0.15, 0.2) is 47.5 Å². The van der Waals surface area contributed by atoms with E-state index in [9.17, 15) is 4.79 Å². The van der Waals surface area contributed by atoms with Crippen LogP contribution in [0.2, 0.25) is 0 Å². The van der Waals surface area contributed by atoms with Crippen molar-refractivity contribution >= 4 is 17.2 Å². The highest BCUT2D eigenvalue weighted by Crippen LogP contribution is 2.17. The Morgan fingerprint density at radius 1 is 1.37 bits per heavy atom. The van der Waals surface area contributed by atoms with Gasteiger partial charge in [-0.15, -0.1) is 0 Å². The molecule has 0 unspecified atom stereocenters. The molecule has 0 aliphatic rings. The van der Waals surface area contributed by atoms with Gasteiger partial charge < -0.3 is 10.5 Å². The summed E-state index contributed by atoms with van der Waals surface area (Å²) in [7, 11) is 0. The van der Waals surface area contributed by atoms with Crippen LogP contribution in [0.25, 0.3) is 0 Å². The van der Waals surface area contributed by atoms with Gasteiger partial charge in [-0.2, -0.15) is 0 Å². The van der Waals surface area contributed by atoms with Crippen LogP contribution in [0.5, 0.6) is 5.75 Å². The fourth-order valence-electron chi connectivity index (χ4n) is 1.61. The highest BCUT2D eigenvalue weighted by Gasteiger charge is 2.05. The normalized spacial score (nSPS) is 10.1. The molecule has 0 fully saturated rings. The summed E-state index contributed by atoms with van der Waals surface area (Å²) in [6.45, 7) is 0.754. The van der Waals surface area contributed by atoms with Crippen molar-refractivity contribution in [1.29, 1.82) is 0 Å². The molecule has 6 heteroatoms. The van der Waals surface area contributed by atoms with Crippen LogP contribution in [0.3, 0.4) is 0 Å². The number of hydrogen-bond donors (Lipinski definition) is 1. The zero-order chi connectivity index (χ0) is 13.7. The molecule has 0 atom stereocenters. The third kappa shape index (κ3) is 3.38. The number of aromatic nitrogens is 2. The number of nitrogens with two attached hydrogens (primary N) is 1. The Hall–Kier alpha value is -2.21. The summed E-state index contributed by atoms with van der Waals surface area (Å²) in [5.74, 6) is 0.618. The lowest BCUT2D eigenvalue weighted by molar-refractivity contribution is 0.295. The van der Waals surface area contributed by atoms with E-state index in [0.717, 1.165) is 0 Å². The number of benzene rings is 1. The summed E-state index contributed by atoms with van der Waals surface area (Å²) in [6.07, 6.45) is 3.13. The minimum atomic E-state index is -0.297. The molecule has 19 heavy (non-hydrogen) atoms. The van der Waals surface area contributed by atoms with E-state index in [1.54, 1.807) is 24.4 Å². The van der Waals surface area contributed by atoms with Crippen LogP contribution in [0.4, 0.5) is 0 Å². The Kier molecular flexibility index (Phi) is 4.25. The van der Waals surface area contributed by atoms with Crippen molar-refractivity contribution < 1.29 is 4.74 Å². The maximum absolute atomic E-state index is 11.4. The number of para-hydroxylation sites is 1. The molecule has 2 rings (SSSR count). The molecule has 0 aliphatic carbocycles. The Morgan fingerprint density at radius 2 is 2.16 bits per heavy atom. The molecule has 0 saturated carbocycles. The predicted molar refractivity (Wildman–Crippen MR) is 76.3 cm³/mol. The van der Waals surface area contributed by atoms with E-state index in [1.165, 1.54) is 10.8 Å². The maximum atomic E-state index is 11.4. The van der Waals surface area contributed by atoms with Crippen LogP contribution < -0.4 is 16.2 Å². The first-order valence-electron chi connectivity index (χ1n) is 5.71. The largest absolute Gasteiger partial charge is 0.491 e. The van der Waals surface area contributed by atoms with Gasteiger partial charge in [0.2, 0.25) is 0 Å². The van der Waals surface area contributed by atoms with E-state index in [1.807, 2.05) is 12.1 Å². The van der Waals surface area contributed by atoms with E-state index in [4.69, 9.17) is 22.7 Å². The van der Waals surface area contributed by atoms with Gasteiger partial charge in [-0.3, -0.25) is 4.57 Å². The van der Waals surface area contributed by atoms with Gasteiger partial charge in [0.15, 0.2) is 0 Å². The van der Waals surface area contributed by atoms with Crippen molar-refractivity contribution in [3.8, 4) is 5.75 Å². The third-order valence-corrected chi connectivity index (χ3v) is 2.74. The second-order valence-electron chi connectivity index (χ2n) is 3.80. The first-order valence-corrected chi connectivity index (χ1v) is 6.12. The Bertz CT molecular complexity index is 640. The minimum Gasteiger partial charge on any atom is -0.491 e. The summed E-state index contributed by atoms with van der Waals surface area (Å²) >= 11 is 4.95. The smallest absolute Gasteiger partial charge is 0.347 e. The summed E-state index contributed by atoms with van der Waals surface area (Å²) in [6, 6.07) is 8.97. The van der Waals surface area contributed by atoms with Crippen LogP contribution in [0.1, 0.15) is 5.56 Å². The standard InChI is InChI=1S/C13H13N3O2S/c14-12(19)10-4-1-2-5-11(10)18-9-8-16-7-3-6-15-13(16)17/h1-7H,8-9H2,(H2,14,19). The Labute approximate surface area is 115 Å². The molecule has 5 nitrogen and oxygen atoms in total. The molecule has 0 aliphatic heterocycles. The molecule has 1 aromatic heterocycles. The molecule has 1 aromatic carbocycles. The van der Waals surface area contributed by atoms with Crippen molar-refractivity contribution in [2.24, 2.45) is 5.73 Å². The number of ether oxygens (including phenoxy) is 1. The van der Waals surface area contributed by atoms with Crippen molar-refractivity contribution in [2.75, 3.05) is 6.61 Å². The van der Waals surface area contributed by atoms with Crippen molar-refractivity contribution in [2.45, 2.75) is 6.54 Å². The molecule has 0 amide bonds. The van der Waals surface area contributed by atoms with Gasteiger partial charge in [-0.1, -0.05) is 24.4 Å². The van der Waals surface area contributed by atoms with E-state index in [0.29, 0.717) is 24.5 Å². The average Bonchev–Trinajstić information content (AvgIpc) is 2.41. The highest BCUT2D eigenvalue weighted by molar-refractivity contribution is 7.80. The van der Waals surface area contributed by atoms with Crippen LogP contribution >= 0.6 is 12.2 Å². The first-order chi connectivity index (χ1) is 9.18. The maximum Gasteiger partial charge on any atom is 0.347 e. The second-order valence-corrected chi connectivity index (χ2v) is 4.24. The highest BCUT2D eigenvalue weighted by atomic mass is 32.1. The molecule has 0 bridgehead atoms. The van der Waals surface area contributed by atoms with Crippen molar-refractivity contribution in [1.82, 2.24) is 9.55 Å². The van der Waals surface area contributed by atoms with Gasteiger partial charge in [0.25, 0.3) is 0 Å². The zero-order valence-corrected chi connectivity index (χ0v) is 11.0. The lowest BCUT2D eigenvalue weighted by atomic mass is 10.2. The number of thiocarbonyl (C=S) groups is 1. The van der Waals surface area contributed by atoms with Gasteiger partial charge in [0.1, 0.15) is 17.3 Å². The third-order valence-electron chi connectivity index (χ3n) is 2.53. The molecule has 0 spiro atoms. The number of nitrogens with zero attached hydrogens (tertiary/aromatic N) is 2. The van der Waals surface area contributed by atoms with E-state index in [2.05, 4.69) is 4.98 Å². The number of hydrogen-bond acceptors (Lipinski definition) is 4. The Morgan fingerprint density at radius 3 is 2.89 bits per heavy atom. The predicted octanol–water partition coefficient (Wildman–Crippen LogP) is 0.956. The van der Waals surface area contributed by atoms with Gasteiger partial charge in [-0.25, -0.2) is 9.78 Å². The van der Waals surface area contributed by atoms with E-state index < -0.39 is 0 Å². The monoisotopic (exact) mass is 275 g/mol. The first kappa shape index (κ1) is 13.2. The summed E-state index contributed by atoms with van der Waals surface area (Å²) < 4.78 is 7.08. The van der Waals surface area contributed by atoms with Crippen LogP contribution in [-0.4, -0.2) is 21.1 Å². The molecule has 98 valence electrons. The quantitative estimate of drug-likeness (QED) is 0.823. The zero-order valence-electron chi connectivity index (χ0n) is 10.2. The molecule has 0 saturated heterocycles. The fourth-order valence-corrected chi connectivity index (χ4v) is 1.78. The second kappa shape index (κ2) is 6.10. The van der Waals surface area contributed by atoms with Gasteiger partial charge >= 0.3 is 5.69 Å². The van der Waals surface area contributed by atoms with Gasteiger partial charge in [-0.05, 0) is 18.2 Å². The number of rotatable bonds is 5. The molecule has 0 radical (unpaired) electrons. The average molecular weight is 275 g/mol. The van der Waals surface area contributed by atoms with Crippen molar-refractivity contribution in [3.63, 3.8) is 0 Å². The van der Waals surface area contributed by atoms with E-state index in [-0.39, 0.29) is 10.7 Å². The molecule has 2 N–H and O–H groups in total. The van der Waals surface area contributed by atoms with E-state index >= 15 is 0 Å². The van der Waals surface area contributed by atoms with Gasteiger partial charge in [0.05, 0.1) is 12.1 Å². The lowest BCUT2D eigenvalue weighted by Crippen LogP contribution is -2.24. The minimum absolute atomic E-state index is 0.286. The Balaban J connectivity index is 2.02. The molecule has 2 aromatic rings. The summed E-state index contributed by atoms with van der Waals surface area (Å²) in [5.41, 5.74) is 6.00. The van der Waals surface area contributed by atoms with Crippen molar-refractivity contribution in [3.05, 3.63) is 58.8 Å². The molecular weight excluding hydrogens is 262 g/mol. The SMILES string of the molecule is NC(=S)c1ccccc1OCCn1cccnc1=O. The molecule has 1 heterocycles. The molecular formula is C13H13N3O2S. The summed E-state index contributed by atoms with van der Waals surface area (Å²) in [5, 5.41) is 0. The topological polar surface area (TPSA) is 70.1 Å². The van der Waals surface area contributed by atoms with Gasteiger partial charge in [0, 0.05) is 12.4 Å². The summed E-state index contributed by atoms with van der Waals surface area (Å²) in [4.78, 5) is 15.3. The lowest BCUT2D eigenvalue weighted by Gasteiger charge is -2.10. The van der Waals surface area contributed by atoms with Crippen LogP contribution in [0, 0.1) is 0 Å². The van der Waals surface area contributed by atoms with Crippen LogP contribution in [-0.2, 0) is 6.54 Å². The fraction of sp³-hybridized carbons (Fsp3) is 0.154.